The predicted octanol–water partition coefficient (Wildman–Crippen LogP) is 1.93. The Morgan fingerprint density at radius 1 is 1.44 bits per heavy atom. The Hall–Kier alpha value is -0.570. The molecule has 3 heteroatoms. The Balaban J connectivity index is 2.44. The molecule has 0 aliphatic carbocycles. The molecule has 94 valence electrons. The van der Waals surface area contributed by atoms with Gasteiger partial charge in [0, 0.05) is 12.6 Å². The lowest BCUT2D eigenvalue weighted by Gasteiger charge is -2.34. The van der Waals surface area contributed by atoms with Gasteiger partial charge in [0.15, 0.2) is 0 Å². The maximum Gasteiger partial charge on any atom is 0.227 e. The van der Waals surface area contributed by atoms with E-state index in [0.717, 1.165) is 32.4 Å². The van der Waals surface area contributed by atoms with Crippen molar-refractivity contribution in [2.45, 2.75) is 53.0 Å². The van der Waals surface area contributed by atoms with E-state index < -0.39 is 0 Å². The first-order valence-electron chi connectivity index (χ1n) is 6.46. The number of rotatable bonds is 4. The number of carbonyl (C=O) groups is 1. The molecule has 1 heterocycles. The van der Waals surface area contributed by atoms with E-state index in [4.69, 9.17) is 0 Å². The van der Waals surface area contributed by atoms with Gasteiger partial charge in [-0.05, 0) is 45.6 Å². The van der Waals surface area contributed by atoms with Crippen molar-refractivity contribution in [1.82, 2.24) is 10.6 Å². The molecule has 2 atom stereocenters. The van der Waals surface area contributed by atoms with Gasteiger partial charge in [0.05, 0.1) is 5.41 Å². The summed E-state index contributed by atoms with van der Waals surface area (Å²) in [6.07, 6.45) is 3.15. The summed E-state index contributed by atoms with van der Waals surface area (Å²) in [5, 5.41) is 6.45. The Labute approximate surface area is 99.4 Å². The highest BCUT2D eigenvalue weighted by Gasteiger charge is 2.34. The van der Waals surface area contributed by atoms with E-state index in [-0.39, 0.29) is 17.4 Å². The topological polar surface area (TPSA) is 41.1 Å². The van der Waals surface area contributed by atoms with Crippen LogP contribution in [0.5, 0.6) is 0 Å². The lowest BCUT2D eigenvalue weighted by molar-refractivity contribution is -0.131. The fourth-order valence-corrected chi connectivity index (χ4v) is 2.41. The molecule has 3 nitrogen and oxygen atoms in total. The molecule has 2 N–H and O–H groups in total. The number of amides is 1. The largest absolute Gasteiger partial charge is 0.353 e. The minimum Gasteiger partial charge on any atom is -0.353 e. The van der Waals surface area contributed by atoms with Crippen LogP contribution >= 0.6 is 0 Å². The minimum absolute atomic E-state index is 0.205. The standard InChI is InChI=1S/C13H26N2O/c1-10(2)8-11(3)15-12(16)13(4)6-5-7-14-9-13/h10-11,14H,5-9H2,1-4H3,(H,15,16). The van der Waals surface area contributed by atoms with Crippen molar-refractivity contribution in [3.8, 4) is 0 Å². The normalized spacial score (nSPS) is 27.8. The summed E-state index contributed by atoms with van der Waals surface area (Å²) in [6.45, 7) is 10.4. The van der Waals surface area contributed by atoms with Crippen LogP contribution in [0.2, 0.25) is 0 Å². The van der Waals surface area contributed by atoms with Crippen molar-refractivity contribution >= 4 is 5.91 Å². The predicted molar refractivity (Wildman–Crippen MR) is 67.3 cm³/mol. The summed E-state index contributed by atoms with van der Waals surface area (Å²) in [5.41, 5.74) is -0.205. The first kappa shape index (κ1) is 13.5. The molecule has 1 aliphatic heterocycles. The van der Waals surface area contributed by atoms with Crippen molar-refractivity contribution in [2.75, 3.05) is 13.1 Å². The Bertz CT molecular complexity index is 232. The van der Waals surface area contributed by atoms with Gasteiger partial charge in [0.25, 0.3) is 0 Å². The minimum atomic E-state index is -0.205. The van der Waals surface area contributed by atoms with Gasteiger partial charge in [-0.15, -0.1) is 0 Å². The average Bonchev–Trinajstić information content (AvgIpc) is 2.17. The van der Waals surface area contributed by atoms with Crippen LogP contribution in [-0.4, -0.2) is 25.0 Å². The van der Waals surface area contributed by atoms with E-state index in [1.165, 1.54) is 0 Å². The van der Waals surface area contributed by atoms with Gasteiger partial charge in [0.1, 0.15) is 0 Å². The second-order valence-electron chi connectivity index (χ2n) is 5.85. The van der Waals surface area contributed by atoms with Gasteiger partial charge in [-0.25, -0.2) is 0 Å². The fraction of sp³-hybridized carbons (Fsp3) is 0.923. The van der Waals surface area contributed by atoms with Crippen LogP contribution < -0.4 is 10.6 Å². The lowest BCUT2D eigenvalue weighted by atomic mass is 9.81. The second-order valence-corrected chi connectivity index (χ2v) is 5.85. The molecule has 0 radical (unpaired) electrons. The van der Waals surface area contributed by atoms with Crippen molar-refractivity contribution in [3.05, 3.63) is 0 Å². The number of carbonyl (C=O) groups excluding carboxylic acids is 1. The SMILES string of the molecule is CC(C)CC(C)NC(=O)C1(C)CCCNC1. The first-order chi connectivity index (χ1) is 7.44. The van der Waals surface area contributed by atoms with Crippen LogP contribution in [0.15, 0.2) is 0 Å². The maximum absolute atomic E-state index is 12.2. The van der Waals surface area contributed by atoms with E-state index >= 15 is 0 Å². The summed E-state index contributed by atoms with van der Waals surface area (Å²) in [4.78, 5) is 12.2. The third-order valence-electron chi connectivity index (χ3n) is 3.35. The molecule has 0 aromatic carbocycles. The van der Waals surface area contributed by atoms with Crippen molar-refractivity contribution < 1.29 is 4.79 Å². The van der Waals surface area contributed by atoms with E-state index in [2.05, 4.69) is 38.3 Å². The van der Waals surface area contributed by atoms with Crippen molar-refractivity contribution in [1.29, 1.82) is 0 Å². The van der Waals surface area contributed by atoms with Crippen LogP contribution in [0.1, 0.15) is 47.0 Å². The molecule has 1 amide bonds. The number of hydrogen-bond donors (Lipinski definition) is 2. The zero-order chi connectivity index (χ0) is 12.2. The fourth-order valence-electron chi connectivity index (χ4n) is 2.41. The summed E-state index contributed by atoms with van der Waals surface area (Å²) >= 11 is 0. The van der Waals surface area contributed by atoms with Gasteiger partial charge in [0.2, 0.25) is 5.91 Å². The molecule has 1 aliphatic rings. The quantitative estimate of drug-likeness (QED) is 0.769. The first-order valence-corrected chi connectivity index (χ1v) is 6.46. The highest BCUT2D eigenvalue weighted by Crippen LogP contribution is 2.25. The summed E-state index contributed by atoms with van der Waals surface area (Å²) in [6, 6.07) is 0.284. The van der Waals surface area contributed by atoms with E-state index in [1.807, 2.05) is 0 Å². The third-order valence-corrected chi connectivity index (χ3v) is 3.35. The smallest absolute Gasteiger partial charge is 0.227 e. The highest BCUT2D eigenvalue weighted by molar-refractivity contribution is 5.82. The summed E-state index contributed by atoms with van der Waals surface area (Å²) in [7, 11) is 0. The maximum atomic E-state index is 12.2. The molecular weight excluding hydrogens is 200 g/mol. The van der Waals surface area contributed by atoms with E-state index in [0.29, 0.717) is 5.92 Å². The molecule has 0 bridgehead atoms. The van der Waals surface area contributed by atoms with Crippen molar-refractivity contribution in [3.63, 3.8) is 0 Å². The molecule has 1 rings (SSSR count). The molecule has 0 spiro atoms. The number of nitrogens with one attached hydrogen (secondary N) is 2. The third kappa shape index (κ3) is 3.78. The number of hydrogen-bond acceptors (Lipinski definition) is 2. The molecule has 2 unspecified atom stereocenters. The Kier molecular flexibility index (Phi) is 4.78. The molecule has 0 saturated carbocycles. The molecule has 16 heavy (non-hydrogen) atoms. The van der Waals surface area contributed by atoms with Gasteiger partial charge in [-0.2, -0.15) is 0 Å². The van der Waals surface area contributed by atoms with E-state index in [9.17, 15) is 4.79 Å². The Morgan fingerprint density at radius 3 is 2.62 bits per heavy atom. The second kappa shape index (κ2) is 5.67. The van der Waals surface area contributed by atoms with Crippen LogP contribution in [-0.2, 0) is 4.79 Å². The van der Waals surface area contributed by atoms with Crippen LogP contribution in [0.4, 0.5) is 0 Å². The molecule has 0 aromatic rings. The lowest BCUT2D eigenvalue weighted by Crippen LogP contribution is -2.50. The molecule has 1 fully saturated rings. The zero-order valence-corrected chi connectivity index (χ0v) is 11.1. The highest BCUT2D eigenvalue weighted by atomic mass is 16.2. The van der Waals surface area contributed by atoms with Crippen molar-refractivity contribution in [2.24, 2.45) is 11.3 Å². The zero-order valence-electron chi connectivity index (χ0n) is 11.1. The van der Waals surface area contributed by atoms with Crippen LogP contribution in [0.3, 0.4) is 0 Å². The van der Waals surface area contributed by atoms with Gasteiger partial charge in [-0.3, -0.25) is 4.79 Å². The molecular formula is C13H26N2O. The monoisotopic (exact) mass is 226 g/mol. The van der Waals surface area contributed by atoms with Crippen LogP contribution in [0.25, 0.3) is 0 Å². The van der Waals surface area contributed by atoms with Gasteiger partial charge in [-0.1, -0.05) is 13.8 Å². The van der Waals surface area contributed by atoms with Crippen LogP contribution in [0, 0.1) is 11.3 Å². The Morgan fingerprint density at radius 2 is 2.12 bits per heavy atom. The van der Waals surface area contributed by atoms with Gasteiger partial charge < -0.3 is 10.6 Å². The van der Waals surface area contributed by atoms with E-state index in [1.54, 1.807) is 0 Å². The summed E-state index contributed by atoms with van der Waals surface area (Å²) in [5.74, 6) is 0.848. The molecule has 1 saturated heterocycles. The molecule has 0 aromatic heterocycles. The van der Waals surface area contributed by atoms with Gasteiger partial charge >= 0.3 is 0 Å². The summed E-state index contributed by atoms with van der Waals surface area (Å²) < 4.78 is 0. The average molecular weight is 226 g/mol. The number of piperidine rings is 1.